The highest BCUT2D eigenvalue weighted by Gasteiger charge is 2.47. The molecule has 1 atom stereocenters. The standard InChI is InChI=1S/C36H36F3N3O5S/c37-36(38,39)25-13-8-12-24(19-25)31-29(20-23-11-7-10-22-9-1-6-18-28(22)23)32(40-26-14-2-3-15-26)33(43)42-30(35(44)45)21-41(27-16-4-5-17-27)48(46,47)34(31)42/h1,6-13,18-19,26-27,30,40H,2-5,14-17,20-21H2,(H,44,45). The Morgan fingerprint density at radius 1 is 0.917 bits per heavy atom. The first-order valence-electron chi connectivity index (χ1n) is 16.4. The van der Waals surface area contributed by atoms with Crippen LogP contribution in [-0.2, 0) is 27.4 Å². The van der Waals surface area contributed by atoms with Crippen LogP contribution in [0.1, 0.15) is 74.1 Å². The molecule has 2 aliphatic carbocycles. The molecule has 48 heavy (non-hydrogen) atoms. The quantitative estimate of drug-likeness (QED) is 0.214. The number of carboxylic acid groups (broad SMARTS) is 1. The van der Waals surface area contributed by atoms with E-state index >= 15 is 0 Å². The molecule has 252 valence electrons. The van der Waals surface area contributed by atoms with Gasteiger partial charge in [-0.1, -0.05) is 80.3 Å². The van der Waals surface area contributed by atoms with Gasteiger partial charge >= 0.3 is 12.1 Å². The van der Waals surface area contributed by atoms with E-state index in [9.17, 15) is 36.3 Å². The topological polar surface area (TPSA) is 109 Å². The number of sulfonamides is 1. The first-order chi connectivity index (χ1) is 22.9. The van der Waals surface area contributed by atoms with Gasteiger partial charge in [-0.25, -0.2) is 13.2 Å². The van der Waals surface area contributed by atoms with Crippen molar-refractivity contribution in [3.05, 3.63) is 93.8 Å². The van der Waals surface area contributed by atoms with E-state index in [0.717, 1.165) is 71.6 Å². The second kappa shape index (κ2) is 12.4. The fourth-order valence-electron chi connectivity index (χ4n) is 7.83. The molecule has 3 aliphatic rings. The Morgan fingerprint density at radius 2 is 1.58 bits per heavy atom. The van der Waals surface area contributed by atoms with Gasteiger partial charge in [0.2, 0.25) is 0 Å². The van der Waals surface area contributed by atoms with Crippen molar-refractivity contribution in [1.29, 1.82) is 0 Å². The zero-order valence-electron chi connectivity index (χ0n) is 26.2. The number of rotatable bonds is 7. The highest BCUT2D eigenvalue weighted by atomic mass is 32.2. The number of nitrogens with zero attached hydrogens (tertiary/aromatic N) is 2. The zero-order valence-corrected chi connectivity index (χ0v) is 27.0. The molecule has 0 bridgehead atoms. The molecule has 3 aromatic carbocycles. The summed E-state index contributed by atoms with van der Waals surface area (Å²) in [4.78, 5) is 27.6. The Labute approximate surface area is 276 Å². The second-order valence-corrected chi connectivity index (χ2v) is 14.9. The van der Waals surface area contributed by atoms with Crippen molar-refractivity contribution < 1.29 is 31.5 Å². The summed E-state index contributed by atoms with van der Waals surface area (Å²) < 4.78 is 74.1. The molecule has 2 saturated carbocycles. The minimum Gasteiger partial charge on any atom is -0.480 e. The minimum atomic E-state index is -4.74. The van der Waals surface area contributed by atoms with E-state index < -0.39 is 56.9 Å². The Hall–Kier alpha value is -4.16. The summed E-state index contributed by atoms with van der Waals surface area (Å²) in [5.41, 5.74) is -0.915. The molecule has 2 fully saturated rings. The van der Waals surface area contributed by atoms with E-state index in [0.29, 0.717) is 12.8 Å². The van der Waals surface area contributed by atoms with Crippen molar-refractivity contribution in [1.82, 2.24) is 8.87 Å². The lowest BCUT2D eigenvalue weighted by Gasteiger charge is -2.38. The third kappa shape index (κ3) is 5.68. The molecule has 2 N–H and O–H groups in total. The van der Waals surface area contributed by atoms with Crippen molar-refractivity contribution in [2.45, 2.75) is 87.1 Å². The number of carbonyl (C=O) groups is 1. The third-order valence-corrected chi connectivity index (χ3v) is 12.1. The monoisotopic (exact) mass is 679 g/mol. The summed E-state index contributed by atoms with van der Waals surface area (Å²) in [5, 5.41) is 15.0. The van der Waals surface area contributed by atoms with Gasteiger partial charge in [-0.15, -0.1) is 0 Å². The summed E-state index contributed by atoms with van der Waals surface area (Å²) in [6, 6.07) is 15.4. The van der Waals surface area contributed by atoms with Crippen molar-refractivity contribution in [2.75, 3.05) is 11.9 Å². The maximum Gasteiger partial charge on any atom is 0.416 e. The number of hydrogen-bond acceptors (Lipinski definition) is 5. The van der Waals surface area contributed by atoms with Crippen molar-refractivity contribution in [2.24, 2.45) is 0 Å². The van der Waals surface area contributed by atoms with E-state index in [1.807, 2.05) is 42.5 Å². The molecule has 0 amide bonds. The number of pyridine rings is 1. The van der Waals surface area contributed by atoms with Gasteiger partial charge in [0.1, 0.15) is 11.7 Å². The van der Waals surface area contributed by atoms with E-state index in [1.165, 1.54) is 16.4 Å². The second-order valence-electron chi connectivity index (χ2n) is 13.1. The van der Waals surface area contributed by atoms with Gasteiger partial charge in [0.05, 0.1) is 5.56 Å². The number of hydrogen-bond donors (Lipinski definition) is 2. The van der Waals surface area contributed by atoms with Gasteiger partial charge in [-0.2, -0.15) is 17.5 Å². The SMILES string of the molecule is O=C(O)C1CN(C2CCCC2)S(=O)(=O)c2c(-c3cccc(C(F)(F)F)c3)c(Cc3cccc4ccccc34)c(NC3CCCC3)c(=O)n21. The normalized spacial score (nSPS) is 20.3. The van der Waals surface area contributed by atoms with E-state index in [4.69, 9.17) is 0 Å². The minimum absolute atomic E-state index is 0.0156. The molecule has 0 saturated heterocycles. The first kappa shape index (κ1) is 32.4. The molecule has 0 radical (unpaired) electrons. The number of carboxylic acids is 1. The Kier molecular flexibility index (Phi) is 8.35. The van der Waals surface area contributed by atoms with Gasteiger partial charge in [0, 0.05) is 30.6 Å². The molecule has 1 aliphatic heterocycles. The number of anilines is 1. The zero-order chi connectivity index (χ0) is 33.8. The predicted molar refractivity (Wildman–Crippen MR) is 177 cm³/mol. The molecule has 7 rings (SSSR count). The van der Waals surface area contributed by atoms with Crippen LogP contribution in [0, 0.1) is 0 Å². The molecule has 12 heteroatoms. The molecular weight excluding hydrogens is 643 g/mol. The summed E-state index contributed by atoms with van der Waals surface area (Å²) in [6.45, 7) is -0.442. The molecule has 4 aromatic rings. The van der Waals surface area contributed by atoms with Crippen LogP contribution in [0.2, 0.25) is 0 Å². The molecule has 2 heterocycles. The lowest BCUT2D eigenvalue weighted by molar-refractivity contribution is -0.142. The number of benzene rings is 3. The Bertz CT molecular complexity index is 2060. The van der Waals surface area contributed by atoms with Crippen LogP contribution in [0.25, 0.3) is 21.9 Å². The fourth-order valence-corrected chi connectivity index (χ4v) is 9.95. The first-order valence-corrected chi connectivity index (χ1v) is 17.9. The van der Waals surface area contributed by atoms with Crippen LogP contribution in [0.3, 0.4) is 0 Å². The van der Waals surface area contributed by atoms with Crippen molar-refractivity contribution in [3.8, 4) is 11.1 Å². The van der Waals surface area contributed by atoms with Crippen molar-refractivity contribution >= 4 is 32.5 Å². The fraction of sp³-hybridized carbons (Fsp3) is 0.389. The van der Waals surface area contributed by atoms with Crippen LogP contribution in [0.5, 0.6) is 0 Å². The van der Waals surface area contributed by atoms with Crippen LogP contribution >= 0.6 is 0 Å². The molecule has 1 unspecified atom stereocenters. The summed E-state index contributed by atoms with van der Waals surface area (Å²) >= 11 is 0. The van der Waals surface area contributed by atoms with E-state index in [2.05, 4.69) is 5.32 Å². The maximum absolute atomic E-state index is 14.8. The molecule has 1 aromatic heterocycles. The largest absolute Gasteiger partial charge is 0.480 e. The summed E-state index contributed by atoms with van der Waals surface area (Å²) in [6.07, 6.45) is 1.15. The number of aliphatic carboxylic acids is 1. The number of fused-ring (bicyclic) bond motifs is 2. The molecule has 8 nitrogen and oxygen atoms in total. The number of nitrogens with one attached hydrogen (secondary N) is 1. The lowest BCUT2D eigenvalue weighted by atomic mass is 9.91. The smallest absolute Gasteiger partial charge is 0.416 e. The maximum atomic E-state index is 14.8. The van der Waals surface area contributed by atoms with Gasteiger partial charge in [-0.3, -0.25) is 9.36 Å². The summed E-state index contributed by atoms with van der Waals surface area (Å²) in [5.74, 6) is -1.39. The molecular formula is C36H36F3N3O5S. The highest BCUT2D eigenvalue weighted by Crippen LogP contribution is 2.44. The van der Waals surface area contributed by atoms with Crippen LogP contribution < -0.4 is 10.9 Å². The van der Waals surface area contributed by atoms with Crippen molar-refractivity contribution in [3.63, 3.8) is 0 Å². The van der Waals surface area contributed by atoms with Gasteiger partial charge < -0.3 is 10.4 Å². The number of alkyl halides is 3. The summed E-state index contributed by atoms with van der Waals surface area (Å²) in [7, 11) is -4.56. The van der Waals surface area contributed by atoms with Crippen LogP contribution in [-0.4, -0.2) is 47.0 Å². The Balaban J connectivity index is 1.60. The van der Waals surface area contributed by atoms with E-state index in [-0.39, 0.29) is 34.8 Å². The van der Waals surface area contributed by atoms with Gasteiger partial charge in [-0.05, 0) is 65.3 Å². The van der Waals surface area contributed by atoms with Gasteiger partial charge in [0.15, 0.2) is 5.03 Å². The molecule has 0 spiro atoms. The van der Waals surface area contributed by atoms with Crippen LogP contribution in [0.4, 0.5) is 18.9 Å². The van der Waals surface area contributed by atoms with E-state index in [1.54, 1.807) is 0 Å². The average Bonchev–Trinajstić information content (AvgIpc) is 3.78. The average molecular weight is 680 g/mol. The predicted octanol–water partition coefficient (Wildman–Crippen LogP) is 7.21. The van der Waals surface area contributed by atoms with Crippen LogP contribution in [0.15, 0.2) is 76.6 Å². The van der Waals surface area contributed by atoms with Gasteiger partial charge in [0.25, 0.3) is 15.6 Å². The lowest BCUT2D eigenvalue weighted by Crippen LogP contribution is -2.53. The number of halogens is 3. The third-order valence-electron chi connectivity index (χ3n) is 10.1. The Morgan fingerprint density at radius 3 is 2.29 bits per heavy atom. The number of aromatic nitrogens is 1. The highest BCUT2D eigenvalue weighted by molar-refractivity contribution is 7.89.